The van der Waals surface area contributed by atoms with E-state index < -0.39 is 55.9 Å². The topological polar surface area (TPSA) is 127 Å². The zero-order valence-corrected chi connectivity index (χ0v) is 15.9. The Morgan fingerprint density at radius 2 is 1.19 bits per heavy atom. The summed E-state index contributed by atoms with van der Waals surface area (Å²) in [5.74, 6) is -5.31. The number of halogens is 5. The van der Waals surface area contributed by atoms with Gasteiger partial charge in [-0.05, 0) is 12.1 Å². The van der Waals surface area contributed by atoms with Crippen LogP contribution in [0.4, 0.5) is 24.5 Å². The van der Waals surface area contributed by atoms with Crippen LogP contribution in [0.25, 0.3) is 0 Å². The van der Waals surface area contributed by atoms with Crippen molar-refractivity contribution < 1.29 is 33.2 Å². The monoisotopic (exact) mass is 514 g/mol. The molecule has 0 heterocycles. The van der Waals surface area contributed by atoms with Gasteiger partial charge in [0, 0.05) is 32.2 Å². The lowest BCUT2D eigenvalue weighted by Crippen LogP contribution is -2.23. The molecule has 0 bridgehead atoms. The molecule has 2 aromatic carbocycles. The molecule has 144 valence electrons. The first-order valence-corrected chi connectivity index (χ1v) is 8.33. The summed E-state index contributed by atoms with van der Waals surface area (Å²) in [4.78, 5) is 19.8. The van der Waals surface area contributed by atoms with Gasteiger partial charge in [-0.15, -0.1) is 0 Å². The Bertz CT molecular complexity index is 882. The first-order valence-electron chi connectivity index (χ1n) is 6.75. The Kier molecular flexibility index (Phi) is 5.65. The van der Waals surface area contributed by atoms with Gasteiger partial charge in [0.15, 0.2) is 11.5 Å². The normalized spacial score (nSPS) is 11.6. The minimum absolute atomic E-state index is 0.139. The van der Waals surface area contributed by atoms with Gasteiger partial charge >= 0.3 is 17.6 Å². The van der Waals surface area contributed by atoms with E-state index in [-0.39, 0.29) is 8.95 Å². The minimum atomic E-state index is -5.15. The van der Waals surface area contributed by atoms with E-state index in [4.69, 9.17) is 0 Å². The molecule has 8 nitrogen and oxygen atoms in total. The largest absolute Gasteiger partial charge is 0.502 e. The van der Waals surface area contributed by atoms with Crippen molar-refractivity contribution in [2.75, 3.05) is 0 Å². The third-order valence-electron chi connectivity index (χ3n) is 3.51. The molecule has 0 aliphatic carbocycles. The summed E-state index contributed by atoms with van der Waals surface area (Å²) in [7, 11) is 0. The molecule has 0 spiro atoms. The third kappa shape index (κ3) is 4.13. The highest BCUT2D eigenvalue weighted by molar-refractivity contribution is 9.10. The van der Waals surface area contributed by atoms with Crippen molar-refractivity contribution in [1.82, 2.24) is 0 Å². The fourth-order valence-electron chi connectivity index (χ4n) is 2.45. The Balaban J connectivity index is 2.89. The Morgan fingerprint density at radius 3 is 1.44 bits per heavy atom. The molecule has 0 radical (unpaired) electrons. The highest BCUT2D eigenvalue weighted by Crippen LogP contribution is 2.51. The van der Waals surface area contributed by atoms with E-state index in [1.807, 2.05) is 0 Å². The Labute approximate surface area is 164 Å². The highest BCUT2D eigenvalue weighted by atomic mass is 79.9. The minimum Gasteiger partial charge on any atom is -0.502 e. The van der Waals surface area contributed by atoms with Crippen molar-refractivity contribution in [3.63, 3.8) is 0 Å². The maximum Gasteiger partial charge on any atom is 0.399 e. The van der Waals surface area contributed by atoms with Gasteiger partial charge in [-0.1, -0.05) is 31.9 Å². The molecule has 0 unspecified atom stereocenters. The van der Waals surface area contributed by atoms with Crippen LogP contribution >= 0.6 is 31.9 Å². The molecule has 0 saturated heterocycles. The van der Waals surface area contributed by atoms with Crippen molar-refractivity contribution in [3.8, 4) is 11.5 Å². The van der Waals surface area contributed by atoms with Gasteiger partial charge < -0.3 is 10.2 Å². The van der Waals surface area contributed by atoms with Crippen molar-refractivity contribution in [1.29, 1.82) is 0 Å². The van der Waals surface area contributed by atoms with E-state index >= 15 is 0 Å². The van der Waals surface area contributed by atoms with Gasteiger partial charge in [-0.3, -0.25) is 20.2 Å². The van der Waals surface area contributed by atoms with E-state index in [0.717, 1.165) is 24.3 Å². The summed E-state index contributed by atoms with van der Waals surface area (Å²) >= 11 is 5.66. The second-order valence-corrected chi connectivity index (χ2v) is 7.05. The SMILES string of the molecule is O=[N+]([O-])c1cc(Br)cc(C(c2cc(Br)cc([N+](=O)[O-])c2O)C(F)(F)F)c1O. The molecule has 0 fully saturated rings. The van der Waals surface area contributed by atoms with Crippen LogP contribution < -0.4 is 0 Å². The molecule has 13 heteroatoms. The molecule has 2 rings (SSSR count). The summed E-state index contributed by atoms with van der Waals surface area (Å²) in [6.45, 7) is 0. The van der Waals surface area contributed by atoms with Gasteiger partial charge in [0.1, 0.15) is 5.92 Å². The number of hydrogen-bond acceptors (Lipinski definition) is 6. The maximum atomic E-state index is 13.8. The molecule has 0 saturated carbocycles. The fourth-order valence-corrected chi connectivity index (χ4v) is 3.38. The molecule has 2 N–H and O–H groups in total. The summed E-state index contributed by atoms with van der Waals surface area (Å²) < 4.78 is 41.1. The zero-order valence-electron chi connectivity index (χ0n) is 12.7. The van der Waals surface area contributed by atoms with Crippen LogP contribution in [0.15, 0.2) is 33.2 Å². The van der Waals surface area contributed by atoms with Crippen molar-refractivity contribution in [3.05, 3.63) is 64.6 Å². The summed E-state index contributed by atoms with van der Waals surface area (Å²) in [6.07, 6.45) is -5.15. The van der Waals surface area contributed by atoms with Crippen LogP contribution in [0.1, 0.15) is 17.0 Å². The first-order chi connectivity index (χ1) is 12.3. The lowest BCUT2D eigenvalue weighted by molar-refractivity contribution is -0.386. The number of nitro benzene ring substituents is 2. The first kappa shape index (κ1) is 20.9. The highest BCUT2D eigenvalue weighted by Gasteiger charge is 2.47. The van der Waals surface area contributed by atoms with Crippen molar-refractivity contribution >= 4 is 43.2 Å². The van der Waals surface area contributed by atoms with E-state index in [1.54, 1.807) is 0 Å². The molecular formula is C14H7Br2F3N2O6. The van der Waals surface area contributed by atoms with Crippen LogP contribution in [0, 0.1) is 20.2 Å². The zero-order chi connectivity index (χ0) is 20.7. The number of phenolic OH excluding ortho intramolecular Hbond substituents is 2. The average molecular weight is 516 g/mol. The summed E-state index contributed by atoms with van der Waals surface area (Å²) in [5, 5.41) is 42.0. The van der Waals surface area contributed by atoms with Crippen LogP contribution in [0.3, 0.4) is 0 Å². The van der Waals surface area contributed by atoms with Crippen molar-refractivity contribution in [2.24, 2.45) is 0 Å². The van der Waals surface area contributed by atoms with Crippen LogP contribution in [0.5, 0.6) is 11.5 Å². The number of alkyl halides is 3. The quantitative estimate of drug-likeness (QED) is 0.429. The van der Waals surface area contributed by atoms with Gasteiger partial charge in [-0.25, -0.2) is 0 Å². The number of phenols is 2. The summed E-state index contributed by atoms with van der Waals surface area (Å²) in [5.41, 5.74) is -3.91. The molecule has 0 atom stereocenters. The number of benzene rings is 2. The second-order valence-electron chi connectivity index (χ2n) is 5.21. The Hall–Kier alpha value is -2.41. The van der Waals surface area contributed by atoms with E-state index in [2.05, 4.69) is 31.9 Å². The number of nitro groups is 2. The third-order valence-corrected chi connectivity index (χ3v) is 4.43. The second kappa shape index (κ2) is 7.31. The van der Waals surface area contributed by atoms with Crippen LogP contribution in [-0.2, 0) is 0 Å². The van der Waals surface area contributed by atoms with Gasteiger partial charge in [0.25, 0.3) is 0 Å². The number of nitrogens with zero attached hydrogens (tertiary/aromatic N) is 2. The fraction of sp³-hybridized carbons (Fsp3) is 0.143. The van der Waals surface area contributed by atoms with Crippen molar-refractivity contribution in [2.45, 2.75) is 12.1 Å². The number of rotatable bonds is 4. The number of hydrogen-bond donors (Lipinski definition) is 2. The molecule has 0 aliphatic rings. The van der Waals surface area contributed by atoms with Gasteiger partial charge in [0.2, 0.25) is 0 Å². The summed E-state index contributed by atoms with van der Waals surface area (Å²) in [6, 6.07) is 3.17. The smallest absolute Gasteiger partial charge is 0.399 e. The van der Waals surface area contributed by atoms with E-state index in [1.165, 1.54) is 0 Å². The predicted octanol–water partition coefficient (Wildman–Crippen LogP) is 5.13. The molecule has 0 aliphatic heterocycles. The average Bonchev–Trinajstić information content (AvgIpc) is 2.51. The lowest BCUT2D eigenvalue weighted by atomic mass is 9.88. The standard InChI is InChI=1S/C14H7Br2F3N2O6/c15-5-1-7(12(22)9(3-5)20(24)25)11(14(17,18)19)8-2-6(16)4-10(13(8)23)21(26)27/h1-4,11,22-23H. The molecule has 0 aromatic heterocycles. The maximum absolute atomic E-state index is 13.8. The predicted molar refractivity (Wildman–Crippen MR) is 92.8 cm³/mol. The van der Waals surface area contributed by atoms with E-state index in [0.29, 0.717) is 0 Å². The van der Waals surface area contributed by atoms with E-state index in [9.17, 15) is 43.6 Å². The molecule has 27 heavy (non-hydrogen) atoms. The van der Waals surface area contributed by atoms with Gasteiger partial charge in [0.05, 0.1) is 9.85 Å². The van der Waals surface area contributed by atoms with Gasteiger partial charge in [-0.2, -0.15) is 13.2 Å². The number of aromatic hydroxyl groups is 2. The van der Waals surface area contributed by atoms with Crippen LogP contribution in [0.2, 0.25) is 0 Å². The molecule has 0 amide bonds. The van der Waals surface area contributed by atoms with Crippen LogP contribution in [-0.4, -0.2) is 26.2 Å². The lowest BCUT2D eigenvalue weighted by Gasteiger charge is -2.23. The Morgan fingerprint density at radius 1 is 0.852 bits per heavy atom. The molecule has 2 aromatic rings. The molecular weight excluding hydrogens is 509 g/mol.